The fraction of sp³-hybridized carbons (Fsp3) is 0.562. The molecular formula is C16H20O3. The lowest BCUT2D eigenvalue weighted by molar-refractivity contribution is 0.0155. The molecule has 0 heterocycles. The quantitative estimate of drug-likeness (QED) is 0.778. The molecule has 2 aliphatic rings. The maximum atomic E-state index is 12.3. The SMILES string of the molecule is CCOc1ccccc1C(=O)OC1CC2CCC1C2. The number of hydrogen-bond acceptors (Lipinski definition) is 3. The van der Waals surface area contributed by atoms with Crippen molar-refractivity contribution >= 4 is 5.97 Å². The Labute approximate surface area is 113 Å². The van der Waals surface area contributed by atoms with Crippen LogP contribution in [0, 0.1) is 11.8 Å². The Morgan fingerprint density at radius 1 is 1.26 bits per heavy atom. The summed E-state index contributed by atoms with van der Waals surface area (Å²) in [6.45, 7) is 2.47. The van der Waals surface area contributed by atoms with Gasteiger partial charge >= 0.3 is 5.97 Å². The summed E-state index contributed by atoms with van der Waals surface area (Å²) in [5, 5.41) is 0. The number of rotatable bonds is 4. The molecule has 3 rings (SSSR count). The average molecular weight is 260 g/mol. The van der Waals surface area contributed by atoms with E-state index in [1.165, 1.54) is 19.3 Å². The van der Waals surface area contributed by atoms with Crippen molar-refractivity contribution in [3.05, 3.63) is 29.8 Å². The van der Waals surface area contributed by atoms with Crippen LogP contribution in [0.3, 0.4) is 0 Å². The van der Waals surface area contributed by atoms with E-state index < -0.39 is 0 Å². The number of hydrogen-bond donors (Lipinski definition) is 0. The van der Waals surface area contributed by atoms with E-state index in [0.29, 0.717) is 23.8 Å². The third-order valence-corrected chi connectivity index (χ3v) is 4.34. The van der Waals surface area contributed by atoms with Crippen molar-refractivity contribution in [2.45, 2.75) is 38.7 Å². The summed E-state index contributed by atoms with van der Waals surface area (Å²) in [6, 6.07) is 7.32. The van der Waals surface area contributed by atoms with E-state index in [1.54, 1.807) is 6.07 Å². The van der Waals surface area contributed by atoms with Crippen molar-refractivity contribution in [1.82, 2.24) is 0 Å². The highest BCUT2D eigenvalue weighted by atomic mass is 16.5. The molecule has 0 amide bonds. The highest BCUT2D eigenvalue weighted by molar-refractivity contribution is 5.92. The molecule has 3 atom stereocenters. The molecule has 0 aliphatic heterocycles. The average Bonchev–Trinajstić information content (AvgIpc) is 3.02. The maximum Gasteiger partial charge on any atom is 0.342 e. The summed E-state index contributed by atoms with van der Waals surface area (Å²) in [7, 11) is 0. The zero-order chi connectivity index (χ0) is 13.2. The molecule has 3 heteroatoms. The van der Waals surface area contributed by atoms with Gasteiger partial charge in [-0.25, -0.2) is 4.79 Å². The molecule has 3 unspecified atom stereocenters. The summed E-state index contributed by atoms with van der Waals surface area (Å²) in [6.07, 6.45) is 4.95. The third kappa shape index (κ3) is 2.46. The Kier molecular flexibility index (Phi) is 3.45. The lowest BCUT2D eigenvalue weighted by Gasteiger charge is -2.22. The van der Waals surface area contributed by atoms with Crippen LogP contribution < -0.4 is 4.74 Å². The van der Waals surface area contributed by atoms with Gasteiger partial charge in [0.2, 0.25) is 0 Å². The molecule has 0 aromatic heterocycles. The molecule has 0 N–H and O–H groups in total. The molecule has 0 spiro atoms. The molecule has 102 valence electrons. The van der Waals surface area contributed by atoms with E-state index in [1.807, 2.05) is 25.1 Å². The standard InChI is InChI=1S/C16H20O3/c1-2-18-14-6-4-3-5-13(14)16(17)19-15-10-11-7-8-12(15)9-11/h3-6,11-12,15H,2,7-10H2,1H3. The van der Waals surface area contributed by atoms with Crippen molar-refractivity contribution in [2.24, 2.45) is 11.8 Å². The zero-order valence-corrected chi connectivity index (χ0v) is 11.3. The van der Waals surface area contributed by atoms with Gasteiger partial charge in [0.15, 0.2) is 0 Å². The molecule has 3 nitrogen and oxygen atoms in total. The van der Waals surface area contributed by atoms with Crippen LogP contribution in [-0.4, -0.2) is 18.7 Å². The number of carbonyl (C=O) groups is 1. The third-order valence-electron chi connectivity index (χ3n) is 4.34. The van der Waals surface area contributed by atoms with Crippen LogP contribution in [0.5, 0.6) is 5.75 Å². The molecule has 1 aromatic rings. The Morgan fingerprint density at radius 2 is 2.11 bits per heavy atom. The minimum Gasteiger partial charge on any atom is -0.493 e. The fourth-order valence-corrected chi connectivity index (χ4v) is 3.45. The van der Waals surface area contributed by atoms with Crippen LogP contribution in [0.15, 0.2) is 24.3 Å². The van der Waals surface area contributed by atoms with E-state index in [0.717, 1.165) is 12.3 Å². The number of fused-ring (bicyclic) bond motifs is 2. The van der Waals surface area contributed by atoms with E-state index in [-0.39, 0.29) is 12.1 Å². The van der Waals surface area contributed by atoms with Crippen LogP contribution in [0.2, 0.25) is 0 Å². The minimum absolute atomic E-state index is 0.126. The second-order valence-electron chi connectivity index (χ2n) is 5.55. The number of benzene rings is 1. The first-order valence-electron chi connectivity index (χ1n) is 7.20. The first-order chi connectivity index (χ1) is 9.28. The topological polar surface area (TPSA) is 35.5 Å². The fourth-order valence-electron chi connectivity index (χ4n) is 3.45. The van der Waals surface area contributed by atoms with Crippen LogP contribution in [0.25, 0.3) is 0 Å². The number of para-hydroxylation sites is 1. The molecule has 2 fully saturated rings. The van der Waals surface area contributed by atoms with Gasteiger partial charge in [-0.2, -0.15) is 0 Å². The normalized spacial score (nSPS) is 28.4. The number of carbonyl (C=O) groups excluding carboxylic acids is 1. The maximum absolute atomic E-state index is 12.3. The van der Waals surface area contributed by atoms with Gasteiger partial charge in [0.1, 0.15) is 17.4 Å². The minimum atomic E-state index is -0.235. The van der Waals surface area contributed by atoms with Gasteiger partial charge in [0, 0.05) is 0 Å². The van der Waals surface area contributed by atoms with Crippen LogP contribution in [-0.2, 0) is 4.74 Å². The van der Waals surface area contributed by atoms with Crippen LogP contribution >= 0.6 is 0 Å². The first-order valence-corrected chi connectivity index (χ1v) is 7.20. The summed E-state index contributed by atoms with van der Waals surface area (Å²) >= 11 is 0. The van der Waals surface area contributed by atoms with Crippen molar-refractivity contribution < 1.29 is 14.3 Å². The highest BCUT2D eigenvalue weighted by Crippen LogP contribution is 2.46. The Balaban J connectivity index is 1.70. The summed E-state index contributed by atoms with van der Waals surface area (Å²) in [5.74, 6) is 1.76. The zero-order valence-electron chi connectivity index (χ0n) is 11.3. The highest BCUT2D eigenvalue weighted by Gasteiger charge is 2.41. The summed E-state index contributed by atoms with van der Waals surface area (Å²) < 4.78 is 11.2. The lowest BCUT2D eigenvalue weighted by Crippen LogP contribution is -2.24. The second kappa shape index (κ2) is 5.24. The van der Waals surface area contributed by atoms with E-state index in [9.17, 15) is 4.79 Å². The lowest BCUT2D eigenvalue weighted by atomic mass is 9.98. The molecule has 2 bridgehead atoms. The van der Waals surface area contributed by atoms with Crippen LogP contribution in [0.4, 0.5) is 0 Å². The smallest absolute Gasteiger partial charge is 0.342 e. The summed E-state index contributed by atoms with van der Waals surface area (Å²) in [4.78, 5) is 12.3. The number of esters is 1. The Morgan fingerprint density at radius 3 is 2.79 bits per heavy atom. The van der Waals surface area contributed by atoms with Gasteiger partial charge in [0.25, 0.3) is 0 Å². The largest absolute Gasteiger partial charge is 0.493 e. The predicted molar refractivity (Wildman–Crippen MR) is 72.3 cm³/mol. The Bertz CT molecular complexity index is 469. The Hall–Kier alpha value is -1.51. The van der Waals surface area contributed by atoms with Gasteiger partial charge in [-0.1, -0.05) is 12.1 Å². The molecule has 2 aliphatic carbocycles. The molecular weight excluding hydrogens is 240 g/mol. The van der Waals surface area contributed by atoms with E-state index in [2.05, 4.69) is 0 Å². The monoisotopic (exact) mass is 260 g/mol. The van der Waals surface area contributed by atoms with Crippen LogP contribution in [0.1, 0.15) is 43.0 Å². The molecule has 0 radical (unpaired) electrons. The summed E-state index contributed by atoms with van der Waals surface area (Å²) in [5.41, 5.74) is 0.548. The second-order valence-corrected chi connectivity index (χ2v) is 5.55. The first kappa shape index (κ1) is 12.5. The molecule has 2 saturated carbocycles. The van der Waals surface area contributed by atoms with Crippen molar-refractivity contribution in [3.8, 4) is 5.75 Å². The molecule has 0 saturated heterocycles. The number of ether oxygens (including phenoxy) is 2. The van der Waals surface area contributed by atoms with Gasteiger partial charge in [-0.05, 0) is 56.6 Å². The molecule has 1 aromatic carbocycles. The van der Waals surface area contributed by atoms with Gasteiger partial charge in [0.05, 0.1) is 6.61 Å². The van der Waals surface area contributed by atoms with E-state index >= 15 is 0 Å². The van der Waals surface area contributed by atoms with Crippen molar-refractivity contribution in [2.75, 3.05) is 6.61 Å². The van der Waals surface area contributed by atoms with Gasteiger partial charge in [-0.15, -0.1) is 0 Å². The molecule has 19 heavy (non-hydrogen) atoms. The van der Waals surface area contributed by atoms with Gasteiger partial charge < -0.3 is 9.47 Å². The van der Waals surface area contributed by atoms with Gasteiger partial charge in [-0.3, -0.25) is 0 Å². The van der Waals surface area contributed by atoms with Crippen molar-refractivity contribution in [1.29, 1.82) is 0 Å². The van der Waals surface area contributed by atoms with E-state index in [4.69, 9.17) is 9.47 Å². The van der Waals surface area contributed by atoms with Crippen molar-refractivity contribution in [3.63, 3.8) is 0 Å². The predicted octanol–water partition coefficient (Wildman–Crippen LogP) is 3.43.